The highest BCUT2D eigenvalue weighted by atomic mass is 16.5. The molecule has 3 amide bonds. The number of carbonyl (C=O) groups excluding carboxylic acids is 2. The molecule has 0 unspecified atom stereocenters. The Morgan fingerprint density at radius 1 is 1.18 bits per heavy atom. The Labute approximate surface area is 192 Å². The molecule has 1 aliphatic rings. The SMILES string of the molecule is CCOc1cc(C(=O)N[C@@H](Cc2ccccc2)[C@H](O)CNC(=O)O)cc(N2CCCC2=O)c1. The van der Waals surface area contributed by atoms with E-state index < -0.39 is 24.1 Å². The zero-order chi connectivity index (χ0) is 23.8. The lowest BCUT2D eigenvalue weighted by atomic mass is 10.0. The zero-order valence-electron chi connectivity index (χ0n) is 18.5. The summed E-state index contributed by atoms with van der Waals surface area (Å²) in [7, 11) is 0. The van der Waals surface area contributed by atoms with Crippen molar-refractivity contribution in [3.63, 3.8) is 0 Å². The Balaban J connectivity index is 1.84. The molecule has 1 aliphatic heterocycles. The molecule has 2 atom stereocenters. The minimum absolute atomic E-state index is 0.00729. The van der Waals surface area contributed by atoms with Crippen LogP contribution in [0.5, 0.6) is 5.75 Å². The van der Waals surface area contributed by atoms with Crippen LogP contribution in [0.1, 0.15) is 35.7 Å². The number of nitrogens with zero attached hydrogens (tertiary/aromatic N) is 1. The van der Waals surface area contributed by atoms with E-state index in [2.05, 4.69) is 10.6 Å². The molecule has 33 heavy (non-hydrogen) atoms. The summed E-state index contributed by atoms with van der Waals surface area (Å²) in [6, 6.07) is 13.5. The lowest BCUT2D eigenvalue weighted by molar-refractivity contribution is -0.117. The number of hydrogen-bond donors (Lipinski definition) is 4. The predicted octanol–water partition coefficient (Wildman–Crippen LogP) is 2.18. The van der Waals surface area contributed by atoms with Crippen LogP contribution in [0.3, 0.4) is 0 Å². The fraction of sp³-hybridized carbons (Fsp3) is 0.375. The van der Waals surface area contributed by atoms with E-state index in [0.717, 1.165) is 12.0 Å². The van der Waals surface area contributed by atoms with Crippen molar-refractivity contribution < 1.29 is 29.3 Å². The average Bonchev–Trinajstić information content (AvgIpc) is 3.23. The van der Waals surface area contributed by atoms with Crippen molar-refractivity contribution in [3.8, 4) is 5.75 Å². The van der Waals surface area contributed by atoms with Crippen LogP contribution in [-0.2, 0) is 11.2 Å². The largest absolute Gasteiger partial charge is 0.494 e. The Hall–Kier alpha value is -3.59. The number of nitrogens with one attached hydrogen (secondary N) is 2. The number of anilines is 1. The summed E-state index contributed by atoms with van der Waals surface area (Å²) in [5.74, 6) is -0.000523. The summed E-state index contributed by atoms with van der Waals surface area (Å²) in [4.78, 5) is 37.9. The standard InChI is InChI=1S/C24H29N3O6/c1-2-33-19-13-17(12-18(14-19)27-10-6-9-22(27)29)23(30)26-20(21(28)15-25-24(31)32)11-16-7-4-3-5-8-16/h3-5,7-8,12-14,20-21,25,28H,2,6,9-11,15H2,1H3,(H,26,30)(H,31,32)/t20-,21+/m0/s1. The van der Waals surface area contributed by atoms with Crippen LogP contribution in [0.4, 0.5) is 10.5 Å². The van der Waals surface area contributed by atoms with Gasteiger partial charge in [-0.1, -0.05) is 30.3 Å². The van der Waals surface area contributed by atoms with Gasteiger partial charge in [0.15, 0.2) is 0 Å². The van der Waals surface area contributed by atoms with E-state index in [-0.39, 0.29) is 18.0 Å². The van der Waals surface area contributed by atoms with Crippen LogP contribution in [0, 0.1) is 0 Å². The van der Waals surface area contributed by atoms with Gasteiger partial charge in [0.2, 0.25) is 5.91 Å². The molecular weight excluding hydrogens is 426 g/mol. The van der Waals surface area contributed by atoms with Gasteiger partial charge in [-0.25, -0.2) is 4.79 Å². The van der Waals surface area contributed by atoms with E-state index in [9.17, 15) is 19.5 Å². The summed E-state index contributed by atoms with van der Waals surface area (Å²) in [6.45, 7) is 2.56. The minimum atomic E-state index is -1.26. The van der Waals surface area contributed by atoms with Gasteiger partial charge in [-0.15, -0.1) is 0 Å². The van der Waals surface area contributed by atoms with Crippen molar-refractivity contribution in [2.75, 3.05) is 24.6 Å². The molecule has 1 fully saturated rings. The van der Waals surface area contributed by atoms with E-state index in [1.54, 1.807) is 23.1 Å². The van der Waals surface area contributed by atoms with Crippen LogP contribution >= 0.6 is 0 Å². The molecule has 0 spiro atoms. The molecule has 0 radical (unpaired) electrons. The van der Waals surface area contributed by atoms with E-state index in [1.807, 2.05) is 37.3 Å². The van der Waals surface area contributed by atoms with Crippen LogP contribution in [0.25, 0.3) is 0 Å². The van der Waals surface area contributed by atoms with Gasteiger partial charge in [-0.2, -0.15) is 0 Å². The van der Waals surface area contributed by atoms with Crippen molar-refractivity contribution >= 4 is 23.6 Å². The molecule has 4 N–H and O–H groups in total. The van der Waals surface area contributed by atoms with Gasteiger partial charge < -0.3 is 30.5 Å². The molecule has 9 heteroatoms. The maximum atomic E-state index is 13.2. The van der Waals surface area contributed by atoms with E-state index in [1.165, 1.54) is 0 Å². The molecule has 0 aromatic heterocycles. The Bertz CT molecular complexity index is 981. The number of aliphatic hydroxyl groups is 1. The summed E-state index contributed by atoms with van der Waals surface area (Å²) in [5.41, 5.74) is 1.75. The van der Waals surface area contributed by atoms with Crippen molar-refractivity contribution in [2.45, 2.75) is 38.3 Å². The highest BCUT2D eigenvalue weighted by Crippen LogP contribution is 2.28. The van der Waals surface area contributed by atoms with Crippen molar-refractivity contribution in [1.82, 2.24) is 10.6 Å². The summed E-state index contributed by atoms with van der Waals surface area (Å²) < 4.78 is 5.60. The highest BCUT2D eigenvalue weighted by molar-refractivity contribution is 5.99. The molecule has 1 heterocycles. The first-order valence-electron chi connectivity index (χ1n) is 10.9. The molecule has 0 bridgehead atoms. The van der Waals surface area contributed by atoms with Gasteiger partial charge in [-0.3, -0.25) is 9.59 Å². The van der Waals surface area contributed by atoms with Crippen LogP contribution < -0.4 is 20.3 Å². The molecule has 0 saturated carbocycles. The smallest absolute Gasteiger partial charge is 0.404 e. The van der Waals surface area contributed by atoms with Crippen molar-refractivity contribution in [3.05, 3.63) is 59.7 Å². The number of carbonyl (C=O) groups is 3. The average molecular weight is 456 g/mol. The fourth-order valence-corrected chi connectivity index (χ4v) is 3.78. The Morgan fingerprint density at radius 2 is 1.94 bits per heavy atom. The number of rotatable bonds is 10. The quantitative estimate of drug-likeness (QED) is 0.435. The van der Waals surface area contributed by atoms with Gasteiger partial charge in [-0.05, 0) is 37.5 Å². The third-order valence-electron chi connectivity index (χ3n) is 5.39. The number of ether oxygens (including phenoxy) is 1. The van der Waals surface area contributed by atoms with Gasteiger partial charge in [0, 0.05) is 36.8 Å². The first-order valence-corrected chi connectivity index (χ1v) is 10.9. The van der Waals surface area contributed by atoms with Crippen molar-refractivity contribution in [1.29, 1.82) is 0 Å². The normalized spacial score (nSPS) is 15.1. The lowest BCUT2D eigenvalue weighted by Gasteiger charge is -2.25. The molecule has 0 aliphatic carbocycles. The summed E-state index contributed by atoms with van der Waals surface area (Å²) in [5, 5.41) is 24.4. The maximum Gasteiger partial charge on any atom is 0.404 e. The van der Waals surface area contributed by atoms with Gasteiger partial charge in [0.1, 0.15) is 5.75 Å². The third kappa shape index (κ3) is 6.69. The second-order valence-corrected chi connectivity index (χ2v) is 7.82. The lowest BCUT2D eigenvalue weighted by Crippen LogP contribution is -2.49. The second-order valence-electron chi connectivity index (χ2n) is 7.82. The summed E-state index contributed by atoms with van der Waals surface area (Å²) in [6.07, 6.45) is -0.899. The number of aliphatic hydroxyl groups excluding tert-OH is 1. The monoisotopic (exact) mass is 455 g/mol. The van der Waals surface area contributed by atoms with Gasteiger partial charge in [0.05, 0.1) is 18.8 Å². The van der Waals surface area contributed by atoms with Crippen molar-refractivity contribution in [2.24, 2.45) is 0 Å². The number of amides is 3. The first kappa shape index (κ1) is 24.1. The second kappa shape index (κ2) is 11.3. The topological polar surface area (TPSA) is 128 Å². The number of carboxylic acid groups (broad SMARTS) is 1. The predicted molar refractivity (Wildman–Crippen MR) is 123 cm³/mol. The van der Waals surface area contributed by atoms with Crippen LogP contribution in [-0.4, -0.2) is 60.0 Å². The van der Waals surface area contributed by atoms with E-state index >= 15 is 0 Å². The summed E-state index contributed by atoms with van der Waals surface area (Å²) >= 11 is 0. The first-order chi connectivity index (χ1) is 15.9. The van der Waals surface area contributed by atoms with Gasteiger partial charge in [0.25, 0.3) is 5.91 Å². The van der Waals surface area contributed by atoms with Crippen LogP contribution in [0.15, 0.2) is 48.5 Å². The molecular formula is C24H29N3O6. The number of benzene rings is 2. The highest BCUT2D eigenvalue weighted by Gasteiger charge is 2.26. The molecule has 176 valence electrons. The minimum Gasteiger partial charge on any atom is -0.494 e. The Kier molecular flexibility index (Phi) is 8.26. The maximum absolute atomic E-state index is 13.2. The molecule has 2 aromatic rings. The molecule has 1 saturated heterocycles. The number of hydrogen-bond acceptors (Lipinski definition) is 5. The Morgan fingerprint density at radius 3 is 2.58 bits per heavy atom. The van der Waals surface area contributed by atoms with Crippen LogP contribution in [0.2, 0.25) is 0 Å². The molecule has 2 aromatic carbocycles. The molecule has 3 rings (SSSR count). The third-order valence-corrected chi connectivity index (χ3v) is 5.39. The molecule has 9 nitrogen and oxygen atoms in total. The van der Waals surface area contributed by atoms with E-state index in [0.29, 0.717) is 37.4 Å². The zero-order valence-corrected chi connectivity index (χ0v) is 18.5. The van der Waals surface area contributed by atoms with E-state index in [4.69, 9.17) is 9.84 Å². The fourth-order valence-electron chi connectivity index (χ4n) is 3.78. The van der Waals surface area contributed by atoms with Gasteiger partial charge >= 0.3 is 6.09 Å².